The fourth-order valence-electron chi connectivity index (χ4n) is 6.15. The summed E-state index contributed by atoms with van der Waals surface area (Å²) in [5, 5.41) is 0. The maximum atomic E-state index is 2.69. The van der Waals surface area contributed by atoms with Crippen LogP contribution in [-0.2, 0) is 0 Å². The van der Waals surface area contributed by atoms with Gasteiger partial charge >= 0.3 is 0 Å². The highest BCUT2D eigenvalue weighted by Crippen LogP contribution is 2.29. The van der Waals surface area contributed by atoms with Crippen molar-refractivity contribution in [3.63, 3.8) is 0 Å². The highest BCUT2D eigenvalue weighted by Gasteiger charge is 2.12. The van der Waals surface area contributed by atoms with E-state index in [0.717, 1.165) is 6.54 Å². The smallest absolute Gasteiger partial charge is 0.0412 e. The minimum Gasteiger partial charge on any atom is -0.372 e. The largest absolute Gasteiger partial charge is 0.372 e. The highest BCUT2D eigenvalue weighted by molar-refractivity contribution is 5.65. The second kappa shape index (κ2) is 25.5. The van der Waals surface area contributed by atoms with Crippen LogP contribution in [-0.4, -0.2) is 19.6 Å². The van der Waals surface area contributed by atoms with Gasteiger partial charge in [0.2, 0.25) is 0 Å². The Morgan fingerprint density at radius 1 is 0.333 bits per heavy atom. The molecule has 0 aliphatic heterocycles. The molecule has 2 heteroatoms. The first-order chi connectivity index (χ1) is 20.8. The molecule has 0 amide bonds. The number of hydrogen-bond donors (Lipinski definition) is 0. The number of nitrogens with zero attached hydrogens (tertiary/aromatic N) is 2. The van der Waals surface area contributed by atoms with E-state index < -0.39 is 0 Å². The van der Waals surface area contributed by atoms with E-state index in [1.165, 1.54) is 171 Å². The Kier molecular flexibility index (Phi) is 22.0. The maximum Gasteiger partial charge on any atom is 0.0412 e. The van der Waals surface area contributed by atoms with Crippen LogP contribution in [0.4, 0.5) is 17.1 Å². The zero-order valence-corrected chi connectivity index (χ0v) is 28.3. The third kappa shape index (κ3) is 16.6. The number of unbranched alkanes of at least 4 members (excludes halogenated alkanes) is 19. The molecule has 0 bridgehead atoms. The number of para-hydroxylation sites is 1. The topological polar surface area (TPSA) is 6.48 Å². The predicted molar refractivity (Wildman–Crippen MR) is 191 cm³/mol. The summed E-state index contributed by atoms with van der Waals surface area (Å²) in [4.78, 5) is 5.23. The van der Waals surface area contributed by atoms with Crippen molar-refractivity contribution in [3.8, 4) is 0 Å². The first-order valence-corrected chi connectivity index (χ1v) is 18.5. The molecule has 238 valence electrons. The van der Waals surface area contributed by atoms with Crippen molar-refractivity contribution in [3.05, 3.63) is 54.6 Å². The molecule has 0 heterocycles. The third-order valence-corrected chi connectivity index (χ3v) is 8.89. The summed E-state index contributed by atoms with van der Waals surface area (Å²) in [6.45, 7) is 10.4. The average Bonchev–Trinajstić information content (AvgIpc) is 3.03. The molecule has 2 nitrogen and oxygen atoms in total. The van der Waals surface area contributed by atoms with Crippen molar-refractivity contribution in [1.29, 1.82) is 0 Å². The summed E-state index contributed by atoms with van der Waals surface area (Å²) in [5.74, 6) is 0. The van der Waals surface area contributed by atoms with E-state index in [9.17, 15) is 0 Å². The molecule has 42 heavy (non-hydrogen) atoms. The molecule has 0 atom stereocenters. The van der Waals surface area contributed by atoms with E-state index >= 15 is 0 Å². The molecule has 0 aromatic heterocycles. The Bertz CT molecular complexity index is 830. The summed E-state index contributed by atoms with van der Waals surface area (Å²) < 4.78 is 0. The van der Waals surface area contributed by atoms with Gasteiger partial charge in [0.25, 0.3) is 0 Å². The Labute approximate surface area is 262 Å². The van der Waals surface area contributed by atoms with Gasteiger partial charge in [0.05, 0.1) is 0 Å². The Morgan fingerprint density at radius 3 is 1.10 bits per heavy atom. The van der Waals surface area contributed by atoms with Crippen molar-refractivity contribution in [1.82, 2.24) is 0 Å². The van der Waals surface area contributed by atoms with Crippen LogP contribution in [0.15, 0.2) is 54.6 Å². The molecule has 0 N–H and O–H groups in total. The Hall–Kier alpha value is -1.96. The SMILES string of the molecule is CCCCCCCCCCN(CCCCCCCC)c1ccc(N(CCCCCCCCCC)c2ccccc2)cc1. The van der Waals surface area contributed by atoms with Crippen molar-refractivity contribution in [2.24, 2.45) is 0 Å². The quantitative estimate of drug-likeness (QED) is 0.0929. The first-order valence-electron chi connectivity index (χ1n) is 18.5. The van der Waals surface area contributed by atoms with Gasteiger partial charge in [0.15, 0.2) is 0 Å². The van der Waals surface area contributed by atoms with Gasteiger partial charge < -0.3 is 9.80 Å². The van der Waals surface area contributed by atoms with Crippen LogP contribution in [0.5, 0.6) is 0 Å². The van der Waals surface area contributed by atoms with Crippen LogP contribution in [0.1, 0.15) is 162 Å². The summed E-state index contributed by atoms with van der Waals surface area (Å²) in [6.07, 6.45) is 30.2. The lowest BCUT2D eigenvalue weighted by Crippen LogP contribution is -2.26. The van der Waals surface area contributed by atoms with Gasteiger partial charge in [-0.15, -0.1) is 0 Å². The molecular weight excluding hydrogens is 508 g/mol. The molecule has 2 aromatic rings. The van der Waals surface area contributed by atoms with Gasteiger partial charge in [-0.2, -0.15) is 0 Å². The first kappa shape index (κ1) is 36.2. The van der Waals surface area contributed by atoms with Gasteiger partial charge in [0, 0.05) is 36.7 Å². The predicted octanol–water partition coefficient (Wildman–Crippen LogP) is 13.3. The third-order valence-electron chi connectivity index (χ3n) is 8.89. The van der Waals surface area contributed by atoms with Crippen LogP contribution >= 0.6 is 0 Å². The maximum absolute atomic E-state index is 2.69. The van der Waals surface area contributed by atoms with E-state index in [2.05, 4.69) is 85.2 Å². The zero-order valence-electron chi connectivity index (χ0n) is 28.3. The molecule has 0 unspecified atom stereocenters. The van der Waals surface area contributed by atoms with E-state index in [-0.39, 0.29) is 0 Å². The number of rotatable bonds is 28. The number of benzene rings is 2. The Morgan fingerprint density at radius 2 is 0.667 bits per heavy atom. The number of anilines is 3. The van der Waals surface area contributed by atoms with Gasteiger partial charge in [-0.1, -0.05) is 161 Å². The van der Waals surface area contributed by atoms with E-state index in [4.69, 9.17) is 0 Å². The summed E-state index contributed by atoms with van der Waals surface area (Å²) >= 11 is 0. The lowest BCUT2D eigenvalue weighted by Gasteiger charge is -2.28. The minimum absolute atomic E-state index is 1.10. The van der Waals surface area contributed by atoms with E-state index in [0.29, 0.717) is 0 Å². The lowest BCUT2D eigenvalue weighted by molar-refractivity contribution is 0.561. The second-order valence-corrected chi connectivity index (χ2v) is 12.7. The highest BCUT2D eigenvalue weighted by atomic mass is 15.1. The van der Waals surface area contributed by atoms with Gasteiger partial charge in [-0.05, 0) is 55.7 Å². The van der Waals surface area contributed by atoms with Crippen LogP contribution < -0.4 is 9.80 Å². The van der Waals surface area contributed by atoms with E-state index in [1.807, 2.05) is 0 Å². The van der Waals surface area contributed by atoms with Crippen LogP contribution in [0.2, 0.25) is 0 Å². The molecule has 0 aliphatic carbocycles. The normalized spacial score (nSPS) is 11.2. The van der Waals surface area contributed by atoms with Crippen molar-refractivity contribution in [2.45, 2.75) is 162 Å². The van der Waals surface area contributed by atoms with Crippen molar-refractivity contribution >= 4 is 17.1 Å². The molecule has 0 saturated carbocycles. The summed E-state index contributed by atoms with van der Waals surface area (Å²) in [5.41, 5.74) is 4.06. The molecule has 2 rings (SSSR count). The van der Waals surface area contributed by atoms with Gasteiger partial charge in [0.1, 0.15) is 0 Å². The summed E-state index contributed by atoms with van der Waals surface area (Å²) in [7, 11) is 0. The fraction of sp³-hybridized carbons (Fsp3) is 0.700. The van der Waals surface area contributed by atoms with Gasteiger partial charge in [-0.25, -0.2) is 0 Å². The lowest BCUT2D eigenvalue weighted by atomic mass is 10.1. The molecule has 2 aromatic carbocycles. The number of hydrogen-bond acceptors (Lipinski definition) is 2. The summed E-state index contributed by atoms with van der Waals surface area (Å²) in [6, 6.07) is 20.6. The molecular formula is C40H68N2. The average molecular weight is 577 g/mol. The van der Waals surface area contributed by atoms with Crippen molar-refractivity contribution < 1.29 is 0 Å². The Balaban J connectivity index is 1.95. The monoisotopic (exact) mass is 577 g/mol. The van der Waals surface area contributed by atoms with Crippen LogP contribution in [0.25, 0.3) is 0 Å². The molecule has 0 spiro atoms. The standard InChI is InChI=1S/C40H68N2/c1-4-7-10-13-16-18-21-27-36-41(35-26-20-15-12-9-6-3)38-31-33-40(34-32-38)42(39-29-24-23-25-30-39)37-28-22-19-17-14-11-8-5-2/h23-25,29-34H,4-22,26-28,35-37H2,1-3H3. The van der Waals surface area contributed by atoms with Crippen LogP contribution in [0.3, 0.4) is 0 Å². The van der Waals surface area contributed by atoms with Gasteiger partial charge in [-0.3, -0.25) is 0 Å². The minimum atomic E-state index is 1.10. The van der Waals surface area contributed by atoms with Crippen LogP contribution in [0, 0.1) is 0 Å². The molecule has 0 saturated heterocycles. The van der Waals surface area contributed by atoms with E-state index in [1.54, 1.807) is 0 Å². The molecule has 0 aliphatic rings. The fourth-order valence-corrected chi connectivity index (χ4v) is 6.15. The molecule has 0 fully saturated rings. The second-order valence-electron chi connectivity index (χ2n) is 12.7. The molecule has 0 radical (unpaired) electrons. The van der Waals surface area contributed by atoms with Crippen molar-refractivity contribution in [2.75, 3.05) is 29.4 Å². The zero-order chi connectivity index (χ0) is 29.9.